The molecule has 1 saturated heterocycles. The molecule has 122 valence electrons. The van der Waals surface area contributed by atoms with Crippen LogP contribution in [0.5, 0.6) is 0 Å². The molecule has 2 amide bonds. The second kappa shape index (κ2) is 7.17. The smallest absolute Gasteiger partial charge is 0.262 e. The Morgan fingerprint density at radius 1 is 1.26 bits per heavy atom. The van der Waals surface area contributed by atoms with Crippen LogP contribution in [-0.4, -0.2) is 40.2 Å². The standard InChI is InChI=1S/C17H21N3O2S/c1-12-5-7-13(8-6-12)18-15(21)11-14-16(22)19-17(23-14)20-9-3-2-4-10-20/h5-8,14H,2-4,9-11H2,1H3,(H,18,21)/t14-/m0/s1. The second-order valence-corrected chi connectivity index (χ2v) is 7.18. The van der Waals surface area contributed by atoms with Gasteiger partial charge in [0.05, 0.1) is 0 Å². The number of hydrogen-bond donors (Lipinski definition) is 1. The van der Waals surface area contributed by atoms with Crippen LogP contribution >= 0.6 is 11.8 Å². The Labute approximate surface area is 140 Å². The summed E-state index contributed by atoms with van der Waals surface area (Å²) in [7, 11) is 0. The molecule has 0 spiro atoms. The lowest BCUT2D eigenvalue weighted by Gasteiger charge is -2.27. The predicted octanol–water partition coefficient (Wildman–Crippen LogP) is 2.81. The summed E-state index contributed by atoms with van der Waals surface area (Å²) in [5.74, 6) is -0.329. The van der Waals surface area contributed by atoms with E-state index in [4.69, 9.17) is 0 Å². The highest BCUT2D eigenvalue weighted by atomic mass is 32.2. The number of likely N-dealkylation sites (tertiary alicyclic amines) is 1. The summed E-state index contributed by atoms with van der Waals surface area (Å²) in [5, 5.41) is 3.24. The van der Waals surface area contributed by atoms with E-state index in [1.807, 2.05) is 31.2 Å². The fourth-order valence-corrected chi connectivity index (χ4v) is 3.86. The van der Waals surface area contributed by atoms with Crippen molar-refractivity contribution in [3.05, 3.63) is 29.8 Å². The van der Waals surface area contributed by atoms with Crippen molar-refractivity contribution in [1.29, 1.82) is 0 Å². The number of thioether (sulfide) groups is 1. The highest BCUT2D eigenvalue weighted by molar-refractivity contribution is 8.15. The first-order valence-corrected chi connectivity index (χ1v) is 8.90. The van der Waals surface area contributed by atoms with E-state index in [9.17, 15) is 9.59 Å². The van der Waals surface area contributed by atoms with Gasteiger partial charge in [-0.05, 0) is 38.3 Å². The van der Waals surface area contributed by atoms with Gasteiger partial charge in [-0.2, -0.15) is 4.99 Å². The minimum atomic E-state index is -0.391. The van der Waals surface area contributed by atoms with Gasteiger partial charge < -0.3 is 10.2 Å². The number of piperidine rings is 1. The summed E-state index contributed by atoms with van der Waals surface area (Å²) < 4.78 is 0. The number of benzene rings is 1. The minimum Gasteiger partial charge on any atom is -0.351 e. The Morgan fingerprint density at radius 3 is 2.65 bits per heavy atom. The van der Waals surface area contributed by atoms with E-state index in [0.29, 0.717) is 0 Å². The van der Waals surface area contributed by atoms with Crippen LogP contribution in [0.3, 0.4) is 0 Å². The van der Waals surface area contributed by atoms with Crippen LogP contribution in [0.1, 0.15) is 31.2 Å². The van der Waals surface area contributed by atoms with Gasteiger partial charge in [0.2, 0.25) is 5.91 Å². The molecule has 1 aromatic carbocycles. The van der Waals surface area contributed by atoms with Crippen molar-refractivity contribution >= 4 is 34.4 Å². The van der Waals surface area contributed by atoms with Crippen molar-refractivity contribution in [1.82, 2.24) is 4.90 Å². The lowest BCUT2D eigenvalue weighted by molar-refractivity contribution is -0.121. The number of carbonyl (C=O) groups is 2. The molecule has 6 heteroatoms. The number of nitrogens with one attached hydrogen (secondary N) is 1. The summed E-state index contributed by atoms with van der Waals surface area (Å²) in [6, 6.07) is 7.63. The average molecular weight is 331 g/mol. The lowest BCUT2D eigenvalue weighted by Crippen LogP contribution is -2.33. The maximum atomic E-state index is 12.1. The van der Waals surface area contributed by atoms with Crippen molar-refractivity contribution in [3.63, 3.8) is 0 Å². The van der Waals surface area contributed by atoms with Gasteiger partial charge in [0.15, 0.2) is 5.17 Å². The largest absolute Gasteiger partial charge is 0.351 e. The van der Waals surface area contributed by atoms with Gasteiger partial charge >= 0.3 is 0 Å². The molecule has 2 aliphatic rings. The minimum absolute atomic E-state index is 0.144. The number of aryl methyl sites for hydroxylation is 1. The van der Waals surface area contributed by atoms with Crippen molar-refractivity contribution in [3.8, 4) is 0 Å². The third-order valence-electron chi connectivity index (χ3n) is 4.06. The molecule has 0 unspecified atom stereocenters. The molecule has 0 saturated carbocycles. The van der Waals surface area contributed by atoms with Gasteiger partial charge in [-0.25, -0.2) is 0 Å². The summed E-state index contributed by atoms with van der Waals surface area (Å²) in [6.45, 7) is 3.92. The highest BCUT2D eigenvalue weighted by Crippen LogP contribution is 2.29. The van der Waals surface area contributed by atoms with Crippen LogP contribution in [-0.2, 0) is 9.59 Å². The molecular formula is C17H21N3O2S. The zero-order valence-electron chi connectivity index (χ0n) is 13.2. The second-order valence-electron chi connectivity index (χ2n) is 6.01. The lowest BCUT2D eigenvalue weighted by atomic mass is 10.1. The number of aliphatic imine (C=N–C) groups is 1. The quantitative estimate of drug-likeness (QED) is 0.925. The first-order valence-electron chi connectivity index (χ1n) is 8.02. The molecule has 0 aliphatic carbocycles. The Morgan fingerprint density at radius 2 is 1.96 bits per heavy atom. The molecule has 2 heterocycles. The normalized spacial score (nSPS) is 21.3. The number of amides is 2. The molecule has 1 aromatic rings. The van der Waals surface area contributed by atoms with Crippen LogP contribution in [0.4, 0.5) is 5.69 Å². The summed E-state index contributed by atoms with van der Waals surface area (Å²) in [4.78, 5) is 30.5. The molecule has 23 heavy (non-hydrogen) atoms. The number of carbonyl (C=O) groups excluding carboxylic acids is 2. The molecule has 1 fully saturated rings. The fraction of sp³-hybridized carbons (Fsp3) is 0.471. The first kappa shape index (κ1) is 16.1. The van der Waals surface area contributed by atoms with E-state index in [2.05, 4.69) is 15.2 Å². The van der Waals surface area contributed by atoms with Crippen molar-refractivity contribution in [2.45, 2.75) is 37.9 Å². The van der Waals surface area contributed by atoms with Crippen LogP contribution in [0.2, 0.25) is 0 Å². The first-order chi connectivity index (χ1) is 11.1. The van der Waals surface area contributed by atoms with Crippen LogP contribution < -0.4 is 5.32 Å². The molecule has 3 rings (SSSR count). The summed E-state index contributed by atoms with van der Waals surface area (Å²) >= 11 is 1.43. The Balaban J connectivity index is 1.53. The van der Waals surface area contributed by atoms with Crippen LogP contribution in [0.25, 0.3) is 0 Å². The van der Waals surface area contributed by atoms with Gasteiger partial charge in [-0.1, -0.05) is 29.5 Å². The van der Waals surface area contributed by atoms with E-state index in [-0.39, 0.29) is 18.2 Å². The van der Waals surface area contributed by atoms with E-state index >= 15 is 0 Å². The SMILES string of the molecule is Cc1ccc(NC(=O)C[C@@H]2SC(N3CCCCC3)=NC2=O)cc1. The average Bonchev–Trinajstić information content (AvgIpc) is 2.91. The third-order valence-corrected chi connectivity index (χ3v) is 5.27. The number of rotatable bonds is 3. The van der Waals surface area contributed by atoms with Gasteiger partial charge in [-0.15, -0.1) is 0 Å². The molecule has 1 atom stereocenters. The van der Waals surface area contributed by atoms with Crippen molar-refractivity contribution in [2.75, 3.05) is 18.4 Å². The van der Waals surface area contributed by atoms with Gasteiger partial charge in [0.25, 0.3) is 5.91 Å². The maximum Gasteiger partial charge on any atom is 0.262 e. The van der Waals surface area contributed by atoms with Gasteiger partial charge in [0, 0.05) is 25.2 Å². The Hall–Kier alpha value is -1.82. The summed E-state index contributed by atoms with van der Waals surface area (Å²) in [6.07, 6.45) is 3.70. The van der Waals surface area contributed by atoms with Gasteiger partial charge in [-0.3, -0.25) is 9.59 Å². The molecule has 1 N–H and O–H groups in total. The van der Waals surface area contributed by atoms with E-state index < -0.39 is 5.25 Å². The Kier molecular flexibility index (Phi) is 5.00. The molecule has 0 bridgehead atoms. The molecular weight excluding hydrogens is 310 g/mol. The highest BCUT2D eigenvalue weighted by Gasteiger charge is 2.33. The number of hydrogen-bond acceptors (Lipinski definition) is 4. The van der Waals surface area contributed by atoms with E-state index in [1.54, 1.807) is 0 Å². The monoisotopic (exact) mass is 331 g/mol. The zero-order chi connectivity index (χ0) is 16.2. The third kappa shape index (κ3) is 4.13. The maximum absolute atomic E-state index is 12.1. The molecule has 5 nitrogen and oxygen atoms in total. The molecule has 0 radical (unpaired) electrons. The number of anilines is 1. The van der Waals surface area contributed by atoms with E-state index in [1.165, 1.54) is 18.2 Å². The number of nitrogens with zero attached hydrogens (tertiary/aromatic N) is 2. The van der Waals surface area contributed by atoms with Gasteiger partial charge in [0.1, 0.15) is 5.25 Å². The summed E-state index contributed by atoms with van der Waals surface area (Å²) in [5.41, 5.74) is 1.90. The predicted molar refractivity (Wildman–Crippen MR) is 93.7 cm³/mol. The van der Waals surface area contributed by atoms with Crippen molar-refractivity contribution < 1.29 is 9.59 Å². The Bertz CT molecular complexity index is 621. The van der Waals surface area contributed by atoms with Crippen molar-refractivity contribution in [2.24, 2.45) is 4.99 Å². The molecule has 2 aliphatic heterocycles. The molecule has 0 aromatic heterocycles. The van der Waals surface area contributed by atoms with Crippen LogP contribution in [0.15, 0.2) is 29.3 Å². The zero-order valence-corrected chi connectivity index (χ0v) is 14.1. The topological polar surface area (TPSA) is 61.8 Å². The fourth-order valence-electron chi connectivity index (χ4n) is 2.75. The van der Waals surface area contributed by atoms with E-state index in [0.717, 1.165) is 42.3 Å². The number of amidine groups is 1. The van der Waals surface area contributed by atoms with Crippen LogP contribution in [0, 0.1) is 6.92 Å².